The topological polar surface area (TPSA) is 129 Å². The van der Waals surface area contributed by atoms with Crippen LogP contribution in [0.2, 0.25) is 0 Å². The van der Waals surface area contributed by atoms with Crippen LogP contribution >= 0.6 is 0 Å². The first-order valence-corrected chi connectivity index (χ1v) is 8.29. The van der Waals surface area contributed by atoms with Gasteiger partial charge in [0.25, 0.3) is 0 Å². The second kappa shape index (κ2) is 8.09. The van der Waals surface area contributed by atoms with Crippen molar-refractivity contribution in [1.29, 1.82) is 0 Å². The van der Waals surface area contributed by atoms with Crippen molar-refractivity contribution in [2.24, 2.45) is 0 Å². The van der Waals surface area contributed by atoms with E-state index in [0.717, 1.165) is 27.5 Å². The molecule has 3 amide bonds. The van der Waals surface area contributed by atoms with Crippen LogP contribution in [0.15, 0.2) is 42.9 Å². The summed E-state index contributed by atoms with van der Waals surface area (Å²) in [5.41, 5.74) is 2.50. The van der Waals surface area contributed by atoms with E-state index in [9.17, 15) is 9.59 Å². The fourth-order valence-electron chi connectivity index (χ4n) is 2.71. The summed E-state index contributed by atoms with van der Waals surface area (Å²) in [4.78, 5) is 26.9. The number of fused-ring (bicyclic) bond motifs is 1. The predicted molar refractivity (Wildman–Crippen MR) is 100 cm³/mol. The number of anilines is 1. The zero-order chi connectivity index (χ0) is 19.2. The van der Waals surface area contributed by atoms with Crippen LogP contribution < -0.4 is 16.0 Å². The molecule has 138 valence electrons. The highest BCUT2D eigenvalue weighted by Gasteiger charge is 2.12. The third-order valence-electron chi connectivity index (χ3n) is 3.90. The maximum atomic E-state index is 11.8. The number of hydrogen-bond donors (Lipinski definition) is 4. The smallest absolute Gasteiger partial charge is 0.404 e. The fourth-order valence-corrected chi connectivity index (χ4v) is 2.71. The third kappa shape index (κ3) is 4.27. The van der Waals surface area contributed by atoms with Crippen molar-refractivity contribution in [1.82, 2.24) is 25.8 Å². The van der Waals surface area contributed by atoms with Crippen LogP contribution in [0.3, 0.4) is 0 Å². The highest BCUT2D eigenvalue weighted by atomic mass is 16.4. The minimum absolute atomic E-state index is 0.144. The monoisotopic (exact) mass is 366 g/mol. The molecular formula is C18H18N6O3. The van der Waals surface area contributed by atoms with E-state index in [4.69, 9.17) is 5.11 Å². The number of amides is 3. The fraction of sp³-hybridized carbons (Fsp3) is 0.167. The summed E-state index contributed by atoms with van der Waals surface area (Å²) in [5.74, 6) is 0.389. The van der Waals surface area contributed by atoms with Gasteiger partial charge < -0.3 is 15.7 Å². The Hall–Kier alpha value is -3.75. The summed E-state index contributed by atoms with van der Waals surface area (Å²) in [6, 6.07) is 6.96. The molecule has 3 rings (SSSR count). The number of carboxylic acid groups (broad SMARTS) is 1. The molecule has 0 saturated carbocycles. The zero-order valence-electron chi connectivity index (χ0n) is 14.6. The average molecular weight is 366 g/mol. The zero-order valence-corrected chi connectivity index (χ0v) is 14.6. The van der Waals surface area contributed by atoms with Crippen molar-refractivity contribution in [3.63, 3.8) is 0 Å². The van der Waals surface area contributed by atoms with Crippen LogP contribution in [-0.4, -0.2) is 39.0 Å². The van der Waals surface area contributed by atoms with Crippen LogP contribution in [0.4, 0.5) is 15.4 Å². The van der Waals surface area contributed by atoms with E-state index in [-0.39, 0.29) is 12.6 Å². The molecule has 0 saturated heterocycles. The predicted octanol–water partition coefficient (Wildman–Crippen LogP) is 2.60. The summed E-state index contributed by atoms with van der Waals surface area (Å²) in [6.45, 7) is 2.47. The molecular weight excluding hydrogens is 348 g/mol. The van der Waals surface area contributed by atoms with Gasteiger partial charge in [-0.25, -0.2) is 14.6 Å². The number of carbonyl (C=O) groups excluding carboxylic acids is 1. The van der Waals surface area contributed by atoms with Gasteiger partial charge in [0.05, 0.1) is 12.4 Å². The molecule has 0 unspecified atom stereocenters. The quantitative estimate of drug-likeness (QED) is 0.549. The molecule has 2 heterocycles. The van der Waals surface area contributed by atoms with Gasteiger partial charge in [0.1, 0.15) is 5.82 Å². The number of urea groups is 1. The van der Waals surface area contributed by atoms with E-state index < -0.39 is 6.09 Å². The normalized spacial score (nSPS) is 10.4. The number of nitrogens with zero attached hydrogens (tertiary/aromatic N) is 3. The van der Waals surface area contributed by atoms with Crippen LogP contribution in [-0.2, 0) is 6.54 Å². The van der Waals surface area contributed by atoms with Gasteiger partial charge in [-0.05, 0) is 35.6 Å². The Kier molecular flexibility index (Phi) is 5.41. The van der Waals surface area contributed by atoms with E-state index in [1.807, 2.05) is 25.1 Å². The lowest BCUT2D eigenvalue weighted by molar-refractivity contribution is 0.194. The Labute approximate surface area is 154 Å². The van der Waals surface area contributed by atoms with Crippen LogP contribution in [0, 0.1) is 0 Å². The Bertz CT molecular complexity index is 977. The highest BCUT2D eigenvalue weighted by molar-refractivity contribution is 6.00. The molecule has 1 aromatic carbocycles. The molecule has 0 aliphatic heterocycles. The van der Waals surface area contributed by atoms with Gasteiger partial charge in [0.2, 0.25) is 0 Å². The molecule has 0 aliphatic rings. The Morgan fingerprint density at radius 2 is 1.93 bits per heavy atom. The molecule has 0 bridgehead atoms. The number of pyridine rings is 1. The molecule has 2 aromatic heterocycles. The lowest BCUT2D eigenvalue weighted by atomic mass is 9.97. The number of nitrogens with one attached hydrogen (secondary N) is 3. The lowest BCUT2D eigenvalue weighted by Crippen LogP contribution is -2.28. The Morgan fingerprint density at radius 3 is 2.63 bits per heavy atom. The van der Waals surface area contributed by atoms with E-state index >= 15 is 0 Å². The minimum Gasteiger partial charge on any atom is -0.465 e. The second-order valence-electron chi connectivity index (χ2n) is 5.66. The Morgan fingerprint density at radius 1 is 1.07 bits per heavy atom. The van der Waals surface area contributed by atoms with Gasteiger partial charge in [-0.3, -0.25) is 5.32 Å². The molecule has 0 fully saturated rings. The molecule has 0 spiro atoms. The van der Waals surface area contributed by atoms with Crippen molar-refractivity contribution in [2.45, 2.75) is 13.5 Å². The van der Waals surface area contributed by atoms with E-state index in [1.54, 1.807) is 24.7 Å². The molecule has 9 heteroatoms. The molecule has 3 aromatic rings. The number of aromatic nitrogens is 3. The number of carbonyl (C=O) groups is 2. The van der Waals surface area contributed by atoms with Gasteiger partial charge in [-0.15, -0.1) is 0 Å². The van der Waals surface area contributed by atoms with Gasteiger partial charge in [-0.2, -0.15) is 10.2 Å². The summed E-state index contributed by atoms with van der Waals surface area (Å²) in [7, 11) is 0. The molecule has 9 nitrogen and oxygen atoms in total. The first-order valence-electron chi connectivity index (χ1n) is 8.29. The Balaban J connectivity index is 2.09. The van der Waals surface area contributed by atoms with E-state index in [0.29, 0.717) is 12.4 Å². The maximum absolute atomic E-state index is 11.8. The third-order valence-corrected chi connectivity index (χ3v) is 3.90. The van der Waals surface area contributed by atoms with Crippen LogP contribution in [0.25, 0.3) is 21.9 Å². The van der Waals surface area contributed by atoms with Crippen molar-refractivity contribution in [3.05, 3.63) is 48.4 Å². The summed E-state index contributed by atoms with van der Waals surface area (Å²) in [6.07, 6.45) is 3.75. The first-order chi connectivity index (χ1) is 13.1. The summed E-state index contributed by atoms with van der Waals surface area (Å²) >= 11 is 0. The lowest BCUT2D eigenvalue weighted by Gasteiger charge is -2.13. The van der Waals surface area contributed by atoms with Gasteiger partial charge in [0, 0.05) is 30.2 Å². The summed E-state index contributed by atoms with van der Waals surface area (Å²) < 4.78 is 0. The molecule has 27 heavy (non-hydrogen) atoms. The minimum atomic E-state index is -1.10. The van der Waals surface area contributed by atoms with Gasteiger partial charge in [0.15, 0.2) is 0 Å². The van der Waals surface area contributed by atoms with E-state index in [1.165, 1.54) is 0 Å². The van der Waals surface area contributed by atoms with Gasteiger partial charge >= 0.3 is 12.1 Å². The molecule has 4 N–H and O–H groups in total. The largest absolute Gasteiger partial charge is 0.465 e. The summed E-state index contributed by atoms with van der Waals surface area (Å²) in [5, 5.41) is 25.9. The van der Waals surface area contributed by atoms with Crippen LogP contribution in [0.5, 0.6) is 0 Å². The molecule has 0 atom stereocenters. The van der Waals surface area contributed by atoms with Crippen molar-refractivity contribution < 1.29 is 14.7 Å². The van der Waals surface area contributed by atoms with Crippen molar-refractivity contribution >= 4 is 28.7 Å². The van der Waals surface area contributed by atoms with Crippen molar-refractivity contribution in [3.8, 4) is 11.1 Å². The number of rotatable bonds is 5. The molecule has 0 aliphatic carbocycles. The first kappa shape index (κ1) is 18.1. The van der Waals surface area contributed by atoms with Crippen molar-refractivity contribution in [2.75, 3.05) is 11.9 Å². The standard InChI is InChI=1S/C18H18N6O3/c1-2-19-17(25)24-16-7-14-13(12-5-6-22-23-9-12)4-3-11(8-21-18(26)27)15(14)10-20-16/h3-7,9-10,21H,2,8H2,1H3,(H,26,27)(H2,19,20,24,25). The number of hydrogen-bond acceptors (Lipinski definition) is 5. The van der Waals surface area contributed by atoms with Crippen LogP contribution in [0.1, 0.15) is 12.5 Å². The average Bonchev–Trinajstić information content (AvgIpc) is 2.66. The second-order valence-corrected chi connectivity index (χ2v) is 5.66. The SMILES string of the molecule is CCNC(=O)Nc1cc2c(-c3ccnnc3)ccc(CNC(=O)O)c2cn1. The molecule has 0 radical (unpaired) electrons. The van der Waals surface area contributed by atoms with E-state index in [2.05, 4.69) is 31.1 Å². The highest BCUT2D eigenvalue weighted by Crippen LogP contribution is 2.31. The number of benzene rings is 1. The maximum Gasteiger partial charge on any atom is 0.404 e. The van der Waals surface area contributed by atoms with Gasteiger partial charge in [-0.1, -0.05) is 12.1 Å².